The predicted molar refractivity (Wildman–Crippen MR) is 107 cm³/mol. The van der Waals surface area contributed by atoms with Gasteiger partial charge in [0.15, 0.2) is 0 Å². The SMILES string of the molecule is CC(C)(C)CC(C)(C)c1ccc2c(c1)OB(OCCN1CCCCC1)O2. The molecule has 0 aliphatic carbocycles. The molecule has 0 spiro atoms. The number of nitrogens with zero attached hydrogens (tertiary/aromatic N) is 1. The van der Waals surface area contributed by atoms with Gasteiger partial charge in [-0.3, -0.25) is 0 Å². The summed E-state index contributed by atoms with van der Waals surface area (Å²) in [5, 5.41) is 0. The minimum absolute atomic E-state index is 0.0871. The lowest BCUT2D eigenvalue weighted by molar-refractivity contribution is 0.156. The van der Waals surface area contributed by atoms with E-state index in [9.17, 15) is 0 Å². The van der Waals surface area contributed by atoms with E-state index in [1.807, 2.05) is 6.07 Å². The van der Waals surface area contributed by atoms with Gasteiger partial charge in [-0.1, -0.05) is 47.1 Å². The Morgan fingerprint density at radius 3 is 2.38 bits per heavy atom. The number of benzene rings is 1. The summed E-state index contributed by atoms with van der Waals surface area (Å²) in [7, 11) is -0.615. The zero-order chi connectivity index (χ0) is 18.8. The van der Waals surface area contributed by atoms with Crippen LogP contribution < -0.4 is 9.31 Å². The molecule has 2 aliphatic heterocycles. The third-order valence-electron chi connectivity index (χ3n) is 5.25. The molecule has 1 saturated heterocycles. The van der Waals surface area contributed by atoms with Gasteiger partial charge in [-0.25, -0.2) is 0 Å². The third kappa shape index (κ3) is 5.17. The summed E-state index contributed by atoms with van der Waals surface area (Å²) in [5.41, 5.74) is 1.65. The lowest BCUT2D eigenvalue weighted by Crippen LogP contribution is -2.36. The van der Waals surface area contributed by atoms with Crippen LogP contribution >= 0.6 is 0 Å². The van der Waals surface area contributed by atoms with Crippen molar-refractivity contribution >= 4 is 7.32 Å². The lowest BCUT2D eigenvalue weighted by Gasteiger charge is -2.33. The average Bonchev–Trinajstić information content (AvgIpc) is 2.95. The second kappa shape index (κ2) is 7.81. The van der Waals surface area contributed by atoms with Gasteiger partial charge in [0.1, 0.15) is 11.5 Å². The second-order valence-corrected chi connectivity index (χ2v) is 9.58. The van der Waals surface area contributed by atoms with Gasteiger partial charge in [0, 0.05) is 13.2 Å². The molecule has 1 fully saturated rings. The van der Waals surface area contributed by atoms with E-state index in [4.69, 9.17) is 14.0 Å². The molecule has 0 N–H and O–H groups in total. The monoisotopic (exact) mass is 359 g/mol. The number of hydrogen-bond acceptors (Lipinski definition) is 4. The van der Waals surface area contributed by atoms with Crippen LogP contribution in [0.2, 0.25) is 0 Å². The van der Waals surface area contributed by atoms with E-state index in [0.29, 0.717) is 6.61 Å². The number of fused-ring (bicyclic) bond motifs is 1. The zero-order valence-corrected chi connectivity index (χ0v) is 17.1. The maximum Gasteiger partial charge on any atom is 0.788 e. The topological polar surface area (TPSA) is 30.9 Å². The number of piperidine rings is 1. The van der Waals surface area contributed by atoms with Crippen LogP contribution in [0.25, 0.3) is 0 Å². The molecule has 2 heterocycles. The van der Waals surface area contributed by atoms with Gasteiger partial charge in [0.25, 0.3) is 0 Å². The number of rotatable bonds is 6. The molecule has 1 aromatic rings. The molecule has 1 aromatic carbocycles. The average molecular weight is 359 g/mol. The Morgan fingerprint density at radius 1 is 1.00 bits per heavy atom. The first-order chi connectivity index (χ1) is 12.2. The molecule has 0 amide bonds. The standard InChI is InChI=1S/C21H34BNO3/c1-20(2,3)16-21(4,5)17-9-10-18-19(15-17)26-22(25-18)24-14-13-23-11-7-6-8-12-23/h9-10,15H,6-8,11-14,16H2,1-5H3. The summed E-state index contributed by atoms with van der Waals surface area (Å²) in [6.45, 7) is 15.4. The van der Waals surface area contributed by atoms with Gasteiger partial charge in [0.05, 0.1) is 0 Å². The number of hydrogen-bond donors (Lipinski definition) is 0. The van der Waals surface area contributed by atoms with E-state index in [0.717, 1.165) is 24.5 Å². The van der Waals surface area contributed by atoms with E-state index in [1.54, 1.807) is 0 Å². The van der Waals surface area contributed by atoms with Crippen molar-refractivity contribution in [2.45, 2.75) is 65.7 Å². The predicted octanol–water partition coefficient (Wildman–Crippen LogP) is 4.66. The Morgan fingerprint density at radius 2 is 1.69 bits per heavy atom. The highest BCUT2D eigenvalue weighted by atomic mass is 16.8. The molecule has 26 heavy (non-hydrogen) atoms. The van der Waals surface area contributed by atoms with Crippen LogP contribution in [0.5, 0.6) is 11.5 Å². The van der Waals surface area contributed by atoms with Gasteiger partial charge >= 0.3 is 7.32 Å². The van der Waals surface area contributed by atoms with Crippen molar-refractivity contribution in [3.05, 3.63) is 23.8 Å². The van der Waals surface area contributed by atoms with Gasteiger partial charge < -0.3 is 18.9 Å². The minimum Gasteiger partial charge on any atom is -0.498 e. The Hall–Kier alpha value is -1.20. The summed E-state index contributed by atoms with van der Waals surface area (Å²) >= 11 is 0. The van der Waals surface area contributed by atoms with Crippen LogP contribution in [0.3, 0.4) is 0 Å². The summed E-state index contributed by atoms with van der Waals surface area (Å²) in [4.78, 5) is 2.46. The number of likely N-dealkylation sites (tertiary alicyclic amines) is 1. The fraction of sp³-hybridized carbons (Fsp3) is 0.714. The third-order valence-corrected chi connectivity index (χ3v) is 5.25. The van der Waals surface area contributed by atoms with Crippen molar-refractivity contribution in [2.75, 3.05) is 26.2 Å². The van der Waals surface area contributed by atoms with Gasteiger partial charge in [-0.05, 0) is 60.9 Å². The molecule has 0 bridgehead atoms. The van der Waals surface area contributed by atoms with E-state index >= 15 is 0 Å². The molecule has 5 heteroatoms. The molecular formula is C21H34BNO3. The highest BCUT2D eigenvalue weighted by Crippen LogP contribution is 2.41. The van der Waals surface area contributed by atoms with E-state index in [2.05, 4.69) is 51.7 Å². The fourth-order valence-electron chi connectivity index (χ4n) is 4.31. The molecule has 0 saturated carbocycles. The zero-order valence-electron chi connectivity index (χ0n) is 17.1. The Kier molecular flexibility index (Phi) is 5.88. The molecule has 4 nitrogen and oxygen atoms in total. The normalized spacial score (nSPS) is 18.4. The molecule has 0 unspecified atom stereocenters. The summed E-state index contributed by atoms with van der Waals surface area (Å²) in [5.74, 6) is 1.58. The quantitative estimate of drug-likeness (QED) is 0.692. The van der Waals surface area contributed by atoms with Gasteiger partial charge in [-0.15, -0.1) is 0 Å². The minimum atomic E-state index is -0.615. The molecule has 2 aliphatic rings. The molecule has 3 rings (SSSR count). The second-order valence-electron chi connectivity index (χ2n) is 9.58. The maximum atomic E-state index is 5.90. The molecular weight excluding hydrogens is 325 g/mol. The summed E-state index contributed by atoms with van der Waals surface area (Å²) in [6.07, 6.45) is 5.06. The van der Waals surface area contributed by atoms with Crippen molar-refractivity contribution < 1.29 is 14.0 Å². The smallest absolute Gasteiger partial charge is 0.498 e. The van der Waals surface area contributed by atoms with E-state index in [-0.39, 0.29) is 10.8 Å². The van der Waals surface area contributed by atoms with Gasteiger partial charge in [-0.2, -0.15) is 0 Å². The lowest BCUT2D eigenvalue weighted by atomic mass is 9.72. The largest absolute Gasteiger partial charge is 0.788 e. The Bertz CT molecular complexity index is 606. The fourth-order valence-corrected chi connectivity index (χ4v) is 4.31. The van der Waals surface area contributed by atoms with Crippen LogP contribution in [0.4, 0.5) is 0 Å². The van der Waals surface area contributed by atoms with Crippen molar-refractivity contribution in [2.24, 2.45) is 5.41 Å². The first-order valence-corrected chi connectivity index (χ1v) is 10.0. The molecule has 144 valence electrons. The molecule has 0 aromatic heterocycles. The highest BCUT2D eigenvalue weighted by molar-refractivity contribution is 6.40. The Labute approximate surface area is 159 Å². The van der Waals surface area contributed by atoms with Crippen LogP contribution in [-0.2, 0) is 10.1 Å². The summed E-state index contributed by atoms with van der Waals surface area (Å²) < 4.78 is 17.5. The maximum absolute atomic E-state index is 5.90. The van der Waals surface area contributed by atoms with Crippen LogP contribution in [0, 0.1) is 5.41 Å². The van der Waals surface area contributed by atoms with Crippen LogP contribution in [-0.4, -0.2) is 38.5 Å². The molecule has 0 radical (unpaired) electrons. The van der Waals surface area contributed by atoms with E-state index < -0.39 is 7.32 Å². The first kappa shape index (κ1) is 19.6. The first-order valence-electron chi connectivity index (χ1n) is 10.0. The van der Waals surface area contributed by atoms with Crippen molar-refractivity contribution in [3.8, 4) is 11.5 Å². The molecule has 0 atom stereocenters. The Balaban J connectivity index is 1.54. The van der Waals surface area contributed by atoms with Crippen molar-refractivity contribution in [3.63, 3.8) is 0 Å². The van der Waals surface area contributed by atoms with Gasteiger partial charge in [0.2, 0.25) is 0 Å². The van der Waals surface area contributed by atoms with Crippen LogP contribution in [0.1, 0.15) is 65.9 Å². The highest BCUT2D eigenvalue weighted by Gasteiger charge is 2.37. The summed E-state index contributed by atoms with van der Waals surface area (Å²) in [6, 6.07) is 6.29. The van der Waals surface area contributed by atoms with Crippen LogP contribution in [0.15, 0.2) is 18.2 Å². The van der Waals surface area contributed by atoms with E-state index in [1.165, 1.54) is 37.9 Å². The van der Waals surface area contributed by atoms with Crippen molar-refractivity contribution in [1.29, 1.82) is 0 Å². The van der Waals surface area contributed by atoms with Crippen molar-refractivity contribution in [1.82, 2.24) is 4.90 Å².